The Labute approximate surface area is 88.8 Å². The van der Waals surface area contributed by atoms with E-state index in [1.54, 1.807) is 7.11 Å². The molecule has 0 aliphatic rings. The van der Waals surface area contributed by atoms with Crippen molar-refractivity contribution in [3.63, 3.8) is 0 Å². The van der Waals surface area contributed by atoms with Crippen LogP contribution < -0.4 is 0 Å². The van der Waals surface area contributed by atoms with Gasteiger partial charge in [0.1, 0.15) is 0 Å². The molecule has 1 aromatic heterocycles. The minimum atomic E-state index is 0.632. The van der Waals surface area contributed by atoms with E-state index in [0.29, 0.717) is 19.8 Å². The fourth-order valence-corrected chi connectivity index (χ4v) is 1.44. The molecule has 0 radical (unpaired) electrons. The highest BCUT2D eigenvalue weighted by Gasteiger charge is 1.95. The predicted molar refractivity (Wildman–Crippen MR) is 57.0 cm³/mol. The molecule has 0 atom stereocenters. The van der Waals surface area contributed by atoms with Crippen molar-refractivity contribution in [3.8, 4) is 0 Å². The summed E-state index contributed by atoms with van der Waals surface area (Å²) in [6.07, 6.45) is 1.99. The van der Waals surface area contributed by atoms with Gasteiger partial charge in [0.2, 0.25) is 0 Å². The summed E-state index contributed by atoms with van der Waals surface area (Å²) >= 11 is 5.10. The lowest BCUT2D eigenvalue weighted by Gasteiger charge is -2.03. The van der Waals surface area contributed by atoms with Crippen LogP contribution in [0.5, 0.6) is 0 Å². The largest absolute Gasteiger partial charge is 0.382 e. The molecule has 14 heavy (non-hydrogen) atoms. The van der Waals surface area contributed by atoms with Crippen molar-refractivity contribution in [1.29, 1.82) is 0 Å². The van der Waals surface area contributed by atoms with E-state index in [4.69, 9.17) is 21.7 Å². The number of hydrogen-bond donors (Lipinski definition) is 1. The molecule has 5 heteroatoms. The maximum absolute atomic E-state index is 5.34. The van der Waals surface area contributed by atoms with Crippen molar-refractivity contribution in [2.45, 2.75) is 13.5 Å². The number of methoxy groups -OCH3 is 1. The van der Waals surface area contributed by atoms with E-state index in [0.717, 1.165) is 17.0 Å². The fourth-order valence-electron chi connectivity index (χ4n) is 1.14. The van der Waals surface area contributed by atoms with Crippen molar-refractivity contribution < 1.29 is 9.47 Å². The summed E-state index contributed by atoms with van der Waals surface area (Å²) in [6.45, 7) is 4.70. The maximum atomic E-state index is 5.34. The average Bonchev–Trinajstić information content (AvgIpc) is 2.45. The second kappa shape index (κ2) is 5.95. The number of H-pyrrole nitrogens is 1. The average molecular weight is 216 g/mol. The standard InChI is InChI=1S/C9H16N2O2S/c1-8-7-11(9(14)10-8)3-4-13-6-5-12-2/h7H,3-6H2,1-2H3,(H,10,14). The molecular weight excluding hydrogens is 200 g/mol. The Morgan fingerprint density at radius 3 is 2.79 bits per heavy atom. The third-order valence-electron chi connectivity index (χ3n) is 1.82. The zero-order valence-electron chi connectivity index (χ0n) is 8.58. The van der Waals surface area contributed by atoms with Gasteiger partial charge in [0.05, 0.1) is 19.8 Å². The van der Waals surface area contributed by atoms with Crippen LogP contribution in [0.1, 0.15) is 5.69 Å². The molecular formula is C9H16N2O2S. The van der Waals surface area contributed by atoms with Crippen molar-refractivity contribution >= 4 is 12.2 Å². The van der Waals surface area contributed by atoms with Crippen LogP contribution in [0.15, 0.2) is 6.20 Å². The van der Waals surface area contributed by atoms with E-state index in [1.807, 2.05) is 17.7 Å². The lowest BCUT2D eigenvalue weighted by atomic mass is 10.5. The Morgan fingerprint density at radius 1 is 1.43 bits per heavy atom. The highest BCUT2D eigenvalue weighted by Crippen LogP contribution is 1.96. The number of hydrogen-bond acceptors (Lipinski definition) is 3. The fraction of sp³-hybridized carbons (Fsp3) is 0.667. The smallest absolute Gasteiger partial charge is 0.177 e. The van der Waals surface area contributed by atoms with Crippen LogP contribution in [0.4, 0.5) is 0 Å². The van der Waals surface area contributed by atoms with Gasteiger partial charge in [0.15, 0.2) is 4.77 Å². The SMILES string of the molecule is COCCOCCn1cc(C)[nH]c1=S. The van der Waals surface area contributed by atoms with Gasteiger partial charge in [0, 0.05) is 25.5 Å². The molecule has 0 aliphatic carbocycles. The number of rotatable bonds is 6. The normalized spacial score (nSPS) is 10.7. The first-order valence-electron chi connectivity index (χ1n) is 4.57. The van der Waals surface area contributed by atoms with Crippen LogP contribution in [0, 0.1) is 11.7 Å². The van der Waals surface area contributed by atoms with Crippen molar-refractivity contribution in [3.05, 3.63) is 16.7 Å². The van der Waals surface area contributed by atoms with Crippen LogP contribution >= 0.6 is 12.2 Å². The topological polar surface area (TPSA) is 39.2 Å². The van der Waals surface area contributed by atoms with Gasteiger partial charge in [0.25, 0.3) is 0 Å². The van der Waals surface area contributed by atoms with Crippen LogP contribution in [-0.4, -0.2) is 36.5 Å². The number of aromatic amines is 1. The molecule has 0 spiro atoms. The first-order valence-corrected chi connectivity index (χ1v) is 4.97. The summed E-state index contributed by atoms with van der Waals surface area (Å²) in [4.78, 5) is 3.06. The first-order chi connectivity index (χ1) is 6.74. The number of aromatic nitrogens is 2. The predicted octanol–water partition coefficient (Wildman–Crippen LogP) is 1.52. The lowest BCUT2D eigenvalue weighted by molar-refractivity contribution is 0.0665. The summed E-state index contributed by atoms with van der Waals surface area (Å²) in [5, 5.41) is 0. The Morgan fingerprint density at radius 2 is 2.21 bits per heavy atom. The second-order valence-electron chi connectivity index (χ2n) is 3.04. The maximum Gasteiger partial charge on any atom is 0.177 e. The molecule has 1 aromatic rings. The molecule has 0 saturated carbocycles. The minimum absolute atomic E-state index is 0.632. The third kappa shape index (κ3) is 3.61. The van der Waals surface area contributed by atoms with E-state index in [1.165, 1.54) is 0 Å². The molecule has 0 fully saturated rings. The van der Waals surface area contributed by atoms with Gasteiger partial charge >= 0.3 is 0 Å². The van der Waals surface area contributed by atoms with Crippen LogP contribution in [-0.2, 0) is 16.0 Å². The van der Waals surface area contributed by atoms with Crippen LogP contribution in [0.2, 0.25) is 0 Å². The third-order valence-corrected chi connectivity index (χ3v) is 2.16. The zero-order valence-corrected chi connectivity index (χ0v) is 9.39. The molecule has 0 amide bonds. The molecule has 4 nitrogen and oxygen atoms in total. The van der Waals surface area contributed by atoms with Crippen molar-refractivity contribution in [2.24, 2.45) is 0 Å². The second-order valence-corrected chi connectivity index (χ2v) is 3.43. The Bertz CT molecular complexity index is 319. The quantitative estimate of drug-likeness (QED) is 0.579. The number of imidazole rings is 1. The van der Waals surface area contributed by atoms with E-state index < -0.39 is 0 Å². The monoisotopic (exact) mass is 216 g/mol. The van der Waals surface area contributed by atoms with E-state index in [-0.39, 0.29) is 0 Å². The highest BCUT2D eigenvalue weighted by molar-refractivity contribution is 7.71. The molecule has 0 aromatic carbocycles. The van der Waals surface area contributed by atoms with E-state index in [2.05, 4.69) is 4.98 Å². The van der Waals surface area contributed by atoms with Crippen LogP contribution in [0.25, 0.3) is 0 Å². The molecule has 0 unspecified atom stereocenters. The molecule has 80 valence electrons. The van der Waals surface area contributed by atoms with Gasteiger partial charge in [-0.1, -0.05) is 0 Å². The summed E-state index contributed by atoms with van der Waals surface area (Å²) in [5.74, 6) is 0. The van der Waals surface area contributed by atoms with Crippen molar-refractivity contribution in [2.75, 3.05) is 26.9 Å². The molecule has 1 heterocycles. The highest BCUT2D eigenvalue weighted by atomic mass is 32.1. The van der Waals surface area contributed by atoms with Gasteiger partial charge in [-0.05, 0) is 19.1 Å². The summed E-state index contributed by atoms with van der Waals surface area (Å²) < 4.78 is 12.9. The molecule has 0 aliphatic heterocycles. The molecule has 1 N–H and O–H groups in total. The zero-order chi connectivity index (χ0) is 10.4. The van der Waals surface area contributed by atoms with Gasteiger partial charge < -0.3 is 19.0 Å². The van der Waals surface area contributed by atoms with Crippen LogP contribution in [0.3, 0.4) is 0 Å². The molecule has 0 bridgehead atoms. The Balaban J connectivity index is 2.25. The minimum Gasteiger partial charge on any atom is -0.382 e. The molecule has 0 saturated heterocycles. The van der Waals surface area contributed by atoms with Gasteiger partial charge in [-0.25, -0.2) is 0 Å². The Hall–Kier alpha value is -0.650. The van der Waals surface area contributed by atoms with Gasteiger partial charge in [-0.2, -0.15) is 0 Å². The lowest BCUT2D eigenvalue weighted by Crippen LogP contribution is -2.08. The number of nitrogens with one attached hydrogen (secondary N) is 1. The molecule has 1 rings (SSSR count). The number of aryl methyl sites for hydroxylation is 1. The van der Waals surface area contributed by atoms with E-state index in [9.17, 15) is 0 Å². The van der Waals surface area contributed by atoms with E-state index >= 15 is 0 Å². The summed E-state index contributed by atoms with van der Waals surface area (Å²) in [5.41, 5.74) is 1.08. The number of nitrogens with zero attached hydrogens (tertiary/aromatic N) is 1. The van der Waals surface area contributed by atoms with Gasteiger partial charge in [-0.15, -0.1) is 0 Å². The number of ether oxygens (including phenoxy) is 2. The first kappa shape index (κ1) is 11.4. The Kier molecular flexibility index (Phi) is 4.86. The van der Waals surface area contributed by atoms with Crippen molar-refractivity contribution in [1.82, 2.24) is 9.55 Å². The summed E-state index contributed by atoms with van der Waals surface area (Å²) in [6, 6.07) is 0. The summed E-state index contributed by atoms with van der Waals surface area (Å²) in [7, 11) is 1.66. The van der Waals surface area contributed by atoms with Gasteiger partial charge in [-0.3, -0.25) is 0 Å².